The predicted molar refractivity (Wildman–Crippen MR) is 129 cm³/mol. The van der Waals surface area contributed by atoms with E-state index in [1.165, 1.54) is 5.57 Å². The van der Waals surface area contributed by atoms with Gasteiger partial charge in [0.05, 0.1) is 10.6 Å². The van der Waals surface area contributed by atoms with Crippen LogP contribution < -0.4 is 15.8 Å². The summed E-state index contributed by atoms with van der Waals surface area (Å²) in [6.45, 7) is 10.3. The Bertz CT molecular complexity index is 1010. The van der Waals surface area contributed by atoms with Gasteiger partial charge in [0.15, 0.2) is 0 Å². The summed E-state index contributed by atoms with van der Waals surface area (Å²) in [4.78, 5) is 12.5. The van der Waals surface area contributed by atoms with Crippen molar-refractivity contribution >= 4 is 17.5 Å². The molecule has 31 heavy (non-hydrogen) atoms. The molecule has 0 atom stereocenters. The minimum Gasteiger partial charge on any atom is -0.456 e. The number of amides is 1. The van der Waals surface area contributed by atoms with E-state index in [-0.39, 0.29) is 5.91 Å². The van der Waals surface area contributed by atoms with Crippen LogP contribution in [0.4, 0.5) is 0 Å². The number of hydrogen-bond donors (Lipinski definition) is 2. The summed E-state index contributed by atoms with van der Waals surface area (Å²) in [5.74, 6) is 1.10. The molecular formula is C26H31ClN2O2. The molecule has 0 spiro atoms. The van der Waals surface area contributed by atoms with Gasteiger partial charge in [-0.05, 0) is 81.1 Å². The van der Waals surface area contributed by atoms with Crippen molar-refractivity contribution in [3.05, 3.63) is 93.2 Å². The Morgan fingerprint density at radius 2 is 1.77 bits per heavy atom. The number of carbonyl (C=O) groups is 1. The van der Waals surface area contributed by atoms with Crippen molar-refractivity contribution in [2.75, 3.05) is 0 Å². The highest BCUT2D eigenvalue weighted by Gasteiger charge is 2.09. The van der Waals surface area contributed by atoms with Gasteiger partial charge in [-0.25, -0.2) is 0 Å². The average molecular weight is 439 g/mol. The second-order valence-electron chi connectivity index (χ2n) is 7.62. The van der Waals surface area contributed by atoms with E-state index in [4.69, 9.17) is 22.1 Å². The lowest BCUT2D eigenvalue weighted by Crippen LogP contribution is -2.25. The van der Waals surface area contributed by atoms with E-state index in [1.807, 2.05) is 69.3 Å². The SMILES string of the molecule is CCC(C)=C/C=C\C(C(=O)NCc1ccc(Oc2cc(C)c(C)cc2Cl)cc1)=C(/C)N. The van der Waals surface area contributed by atoms with Crippen LogP contribution in [0.2, 0.25) is 5.02 Å². The molecule has 2 rings (SSSR count). The van der Waals surface area contributed by atoms with Gasteiger partial charge in [0.25, 0.3) is 5.91 Å². The smallest absolute Gasteiger partial charge is 0.253 e. The van der Waals surface area contributed by atoms with E-state index in [9.17, 15) is 4.79 Å². The Morgan fingerprint density at radius 3 is 2.39 bits per heavy atom. The van der Waals surface area contributed by atoms with Crippen molar-refractivity contribution in [2.24, 2.45) is 5.73 Å². The summed E-state index contributed by atoms with van der Waals surface area (Å²) >= 11 is 6.29. The van der Waals surface area contributed by atoms with E-state index in [0.29, 0.717) is 34.3 Å². The topological polar surface area (TPSA) is 64.3 Å². The first-order chi connectivity index (χ1) is 14.7. The van der Waals surface area contributed by atoms with Crippen molar-refractivity contribution in [1.29, 1.82) is 0 Å². The number of hydrogen-bond acceptors (Lipinski definition) is 3. The van der Waals surface area contributed by atoms with Crippen molar-refractivity contribution < 1.29 is 9.53 Å². The fourth-order valence-corrected chi connectivity index (χ4v) is 2.98. The Morgan fingerprint density at radius 1 is 1.13 bits per heavy atom. The molecule has 0 aliphatic carbocycles. The maximum Gasteiger partial charge on any atom is 0.253 e. The standard InChI is InChI=1S/C26H31ClN2O2/c1-6-17(2)8-7-9-23(20(5)28)26(30)29-16-21-10-12-22(13-11-21)31-25-15-19(4)18(3)14-24(25)27/h7-15H,6,16,28H2,1-5H3,(H,29,30)/b9-7-,17-8?,23-20-. The number of aryl methyl sites for hydroxylation is 2. The van der Waals surface area contributed by atoms with Gasteiger partial charge >= 0.3 is 0 Å². The number of benzene rings is 2. The maximum absolute atomic E-state index is 12.5. The zero-order valence-corrected chi connectivity index (χ0v) is 19.6. The van der Waals surface area contributed by atoms with Crippen molar-refractivity contribution in [3.63, 3.8) is 0 Å². The van der Waals surface area contributed by atoms with Gasteiger partial charge in [0.2, 0.25) is 0 Å². The maximum atomic E-state index is 12.5. The zero-order chi connectivity index (χ0) is 23.0. The van der Waals surface area contributed by atoms with Gasteiger partial charge in [-0.15, -0.1) is 0 Å². The summed E-state index contributed by atoms with van der Waals surface area (Å²) in [5, 5.41) is 3.49. The largest absolute Gasteiger partial charge is 0.456 e. The van der Waals surface area contributed by atoms with E-state index in [2.05, 4.69) is 12.2 Å². The summed E-state index contributed by atoms with van der Waals surface area (Å²) in [6, 6.07) is 11.4. The van der Waals surface area contributed by atoms with Crippen molar-refractivity contribution in [1.82, 2.24) is 5.32 Å². The number of carbonyl (C=O) groups excluding carboxylic acids is 1. The monoisotopic (exact) mass is 438 g/mol. The third kappa shape index (κ3) is 7.34. The molecule has 164 valence electrons. The third-order valence-corrected chi connectivity index (χ3v) is 5.32. The number of nitrogens with two attached hydrogens (primary N) is 1. The molecule has 0 aliphatic heterocycles. The highest BCUT2D eigenvalue weighted by Crippen LogP contribution is 2.32. The summed E-state index contributed by atoms with van der Waals surface area (Å²) in [6.07, 6.45) is 6.55. The molecule has 0 aliphatic rings. The van der Waals surface area contributed by atoms with Crippen molar-refractivity contribution in [2.45, 2.75) is 47.6 Å². The first-order valence-corrected chi connectivity index (χ1v) is 10.7. The normalized spacial score (nSPS) is 12.6. The summed E-state index contributed by atoms with van der Waals surface area (Å²) < 4.78 is 5.91. The van der Waals surface area contributed by atoms with Crippen LogP contribution in [0.15, 0.2) is 71.5 Å². The molecule has 4 nitrogen and oxygen atoms in total. The minimum absolute atomic E-state index is 0.207. The van der Waals surface area contributed by atoms with E-state index < -0.39 is 0 Å². The molecule has 0 bridgehead atoms. The third-order valence-electron chi connectivity index (χ3n) is 5.02. The number of rotatable bonds is 8. The lowest BCUT2D eigenvalue weighted by molar-refractivity contribution is -0.117. The zero-order valence-electron chi connectivity index (χ0n) is 18.9. The second-order valence-corrected chi connectivity index (χ2v) is 8.03. The Labute approximate surface area is 190 Å². The van der Waals surface area contributed by atoms with Crippen LogP contribution in [0.3, 0.4) is 0 Å². The molecule has 3 N–H and O–H groups in total. The molecule has 5 heteroatoms. The second kappa shape index (κ2) is 11.4. The number of ether oxygens (including phenoxy) is 1. The molecule has 2 aromatic carbocycles. The number of nitrogens with one attached hydrogen (secondary N) is 1. The molecule has 2 aromatic rings. The van der Waals surface area contributed by atoms with Crippen LogP contribution in [0.5, 0.6) is 11.5 Å². The van der Waals surface area contributed by atoms with Gasteiger partial charge in [-0.3, -0.25) is 4.79 Å². The summed E-state index contributed by atoms with van der Waals surface area (Å²) in [7, 11) is 0. The summed E-state index contributed by atoms with van der Waals surface area (Å²) in [5.41, 5.74) is 11.3. The van der Waals surface area contributed by atoms with E-state index in [0.717, 1.165) is 23.1 Å². The number of allylic oxidation sites excluding steroid dienone is 4. The Hall–Kier alpha value is -2.98. The van der Waals surface area contributed by atoms with Gasteiger partial charge in [-0.2, -0.15) is 0 Å². The molecule has 0 radical (unpaired) electrons. The molecular weight excluding hydrogens is 408 g/mol. The van der Waals surface area contributed by atoms with Gasteiger partial charge < -0.3 is 15.8 Å². The average Bonchev–Trinajstić information content (AvgIpc) is 2.73. The molecule has 0 saturated carbocycles. The molecule has 0 heterocycles. The predicted octanol–water partition coefficient (Wildman–Crippen LogP) is 6.51. The first kappa shape index (κ1) is 24.3. The number of halogens is 1. The minimum atomic E-state index is -0.207. The lowest BCUT2D eigenvalue weighted by atomic mass is 10.1. The van der Waals surface area contributed by atoms with E-state index in [1.54, 1.807) is 13.0 Å². The van der Waals surface area contributed by atoms with Gasteiger partial charge in [-0.1, -0.05) is 48.4 Å². The molecule has 1 amide bonds. The van der Waals surface area contributed by atoms with Crippen LogP contribution in [0.25, 0.3) is 0 Å². The molecule has 0 fully saturated rings. The fourth-order valence-electron chi connectivity index (χ4n) is 2.73. The van der Waals surface area contributed by atoms with Gasteiger partial charge in [0.1, 0.15) is 11.5 Å². The van der Waals surface area contributed by atoms with Crippen LogP contribution >= 0.6 is 11.6 Å². The molecule has 0 aromatic heterocycles. The quantitative estimate of drug-likeness (QED) is 0.364. The Kier molecular flexibility index (Phi) is 8.95. The van der Waals surface area contributed by atoms with Crippen LogP contribution in [0, 0.1) is 13.8 Å². The lowest BCUT2D eigenvalue weighted by Gasteiger charge is -2.11. The highest BCUT2D eigenvalue weighted by molar-refractivity contribution is 6.32. The van der Waals surface area contributed by atoms with Crippen LogP contribution in [0.1, 0.15) is 43.9 Å². The van der Waals surface area contributed by atoms with Crippen LogP contribution in [-0.2, 0) is 11.3 Å². The molecule has 0 saturated heterocycles. The first-order valence-electron chi connectivity index (χ1n) is 10.3. The van der Waals surface area contributed by atoms with Crippen LogP contribution in [-0.4, -0.2) is 5.91 Å². The fraction of sp³-hybridized carbons (Fsp3) is 0.269. The molecule has 0 unspecified atom stereocenters. The van der Waals surface area contributed by atoms with E-state index >= 15 is 0 Å². The Balaban J connectivity index is 2.00. The van der Waals surface area contributed by atoms with Crippen molar-refractivity contribution in [3.8, 4) is 11.5 Å². The highest BCUT2D eigenvalue weighted by atomic mass is 35.5. The van der Waals surface area contributed by atoms with Gasteiger partial charge in [0, 0.05) is 12.2 Å².